The number of ketones is 1. The van der Waals surface area contributed by atoms with E-state index in [0.29, 0.717) is 17.9 Å². The average Bonchev–Trinajstić information content (AvgIpc) is 2.40. The number of hydrogen-bond acceptors (Lipinski definition) is 4. The highest BCUT2D eigenvalue weighted by Gasteiger charge is 2.19. The first kappa shape index (κ1) is 10.9. The molecule has 90 valence electrons. The normalized spacial score (nSPS) is 14.3. The van der Waals surface area contributed by atoms with Crippen molar-refractivity contribution >= 4 is 5.78 Å². The van der Waals surface area contributed by atoms with Crippen LogP contribution in [0, 0.1) is 0 Å². The number of nitrogens with zero attached hydrogens (tertiary/aromatic N) is 2. The summed E-state index contributed by atoms with van der Waals surface area (Å²) < 4.78 is 0. The Kier molecular flexibility index (Phi) is 2.55. The maximum absolute atomic E-state index is 11.8. The Labute approximate surface area is 104 Å². The number of hydrogen-bond donors (Lipinski definition) is 1. The van der Waals surface area contributed by atoms with E-state index >= 15 is 0 Å². The number of aromatic hydroxyl groups is 1. The number of carbonyl (C=O) groups excluding carboxylic acids is 1. The van der Waals surface area contributed by atoms with Crippen molar-refractivity contribution < 1.29 is 9.90 Å². The first-order valence-electron chi connectivity index (χ1n) is 5.92. The Balaban J connectivity index is 2.06. The number of carbonyl (C=O) groups is 1. The molecule has 0 atom stereocenters. The third kappa shape index (κ3) is 1.86. The minimum absolute atomic E-state index is 0.0960. The second-order valence-corrected chi connectivity index (χ2v) is 4.39. The number of phenolic OH excluding ortho intramolecular Hbond substituents is 1. The fourth-order valence-electron chi connectivity index (χ4n) is 2.14. The number of phenols is 1. The molecule has 0 bridgehead atoms. The van der Waals surface area contributed by atoms with Gasteiger partial charge in [0.1, 0.15) is 11.4 Å². The van der Waals surface area contributed by atoms with E-state index in [-0.39, 0.29) is 11.5 Å². The van der Waals surface area contributed by atoms with E-state index in [9.17, 15) is 9.90 Å². The van der Waals surface area contributed by atoms with Crippen molar-refractivity contribution in [1.82, 2.24) is 9.97 Å². The molecule has 0 unspecified atom stereocenters. The van der Waals surface area contributed by atoms with Crippen LogP contribution in [0.1, 0.15) is 28.9 Å². The summed E-state index contributed by atoms with van der Waals surface area (Å²) >= 11 is 0. The molecule has 0 saturated carbocycles. The summed E-state index contributed by atoms with van der Waals surface area (Å²) in [6.07, 6.45) is 4.06. The molecular formula is C14H12N2O2. The van der Waals surface area contributed by atoms with Crippen LogP contribution in [0.3, 0.4) is 0 Å². The van der Waals surface area contributed by atoms with Crippen LogP contribution in [-0.4, -0.2) is 20.9 Å². The Bertz CT molecular complexity index is 606. The van der Waals surface area contributed by atoms with Crippen LogP contribution in [0.25, 0.3) is 11.4 Å². The molecule has 1 aromatic heterocycles. The van der Waals surface area contributed by atoms with Gasteiger partial charge in [0.15, 0.2) is 11.6 Å². The highest BCUT2D eigenvalue weighted by Crippen LogP contribution is 2.23. The molecule has 0 amide bonds. The SMILES string of the molecule is O=C1CCCc2cnc(-c3ccc(O)cc3)nc21. The summed E-state index contributed by atoms with van der Waals surface area (Å²) in [5.41, 5.74) is 2.29. The lowest BCUT2D eigenvalue weighted by atomic mass is 9.96. The summed E-state index contributed by atoms with van der Waals surface area (Å²) in [5.74, 6) is 0.829. The monoisotopic (exact) mass is 240 g/mol. The summed E-state index contributed by atoms with van der Waals surface area (Å²) in [4.78, 5) is 20.4. The van der Waals surface area contributed by atoms with E-state index < -0.39 is 0 Å². The lowest BCUT2D eigenvalue weighted by Crippen LogP contribution is -2.14. The van der Waals surface area contributed by atoms with Gasteiger partial charge in [-0.05, 0) is 42.7 Å². The van der Waals surface area contributed by atoms with Crippen molar-refractivity contribution in [3.05, 3.63) is 41.7 Å². The number of aromatic nitrogens is 2. The first-order chi connectivity index (χ1) is 8.74. The Morgan fingerprint density at radius 3 is 2.67 bits per heavy atom. The topological polar surface area (TPSA) is 63.1 Å². The largest absolute Gasteiger partial charge is 0.508 e. The number of fused-ring (bicyclic) bond motifs is 1. The van der Waals surface area contributed by atoms with E-state index in [2.05, 4.69) is 9.97 Å². The van der Waals surface area contributed by atoms with E-state index in [4.69, 9.17) is 0 Å². The van der Waals surface area contributed by atoms with E-state index in [1.54, 1.807) is 30.5 Å². The molecule has 4 heteroatoms. The second-order valence-electron chi connectivity index (χ2n) is 4.39. The van der Waals surface area contributed by atoms with E-state index in [0.717, 1.165) is 24.0 Å². The maximum Gasteiger partial charge on any atom is 0.181 e. The van der Waals surface area contributed by atoms with Crippen molar-refractivity contribution in [2.24, 2.45) is 0 Å². The van der Waals surface area contributed by atoms with Crippen LogP contribution in [0.15, 0.2) is 30.5 Å². The molecule has 0 spiro atoms. The molecule has 0 radical (unpaired) electrons. The molecule has 3 rings (SSSR count). The first-order valence-corrected chi connectivity index (χ1v) is 5.92. The minimum Gasteiger partial charge on any atom is -0.508 e. The van der Waals surface area contributed by atoms with Gasteiger partial charge in [0.2, 0.25) is 0 Å². The molecule has 1 aliphatic carbocycles. The van der Waals surface area contributed by atoms with Gasteiger partial charge in [-0.25, -0.2) is 9.97 Å². The standard InChI is InChI=1S/C14H12N2O2/c17-11-6-4-9(5-7-11)14-15-8-10-2-1-3-12(18)13(10)16-14/h4-8,17H,1-3H2. The molecule has 4 nitrogen and oxygen atoms in total. The lowest BCUT2D eigenvalue weighted by Gasteiger charge is -2.13. The van der Waals surface area contributed by atoms with Crippen molar-refractivity contribution in [3.63, 3.8) is 0 Å². The van der Waals surface area contributed by atoms with Gasteiger partial charge >= 0.3 is 0 Å². The third-order valence-electron chi connectivity index (χ3n) is 3.10. The zero-order chi connectivity index (χ0) is 12.5. The number of rotatable bonds is 1. The Morgan fingerprint density at radius 1 is 1.11 bits per heavy atom. The second kappa shape index (κ2) is 4.22. The van der Waals surface area contributed by atoms with Crippen LogP contribution in [-0.2, 0) is 6.42 Å². The zero-order valence-corrected chi connectivity index (χ0v) is 9.76. The van der Waals surface area contributed by atoms with Crippen molar-refractivity contribution in [2.75, 3.05) is 0 Å². The number of aryl methyl sites for hydroxylation is 1. The molecule has 0 fully saturated rings. The maximum atomic E-state index is 11.8. The van der Waals surface area contributed by atoms with Crippen molar-refractivity contribution in [1.29, 1.82) is 0 Å². The predicted molar refractivity (Wildman–Crippen MR) is 66.4 cm³/mol. The molecule has 0 aliphatic heterocycles. The van der Waals surface area contributed by atoms with Gasteiger partial charge < -0.3 is 5.11 Å². The summed E-state index contributed by atoms with van der Waals surface area (Å²) in [7, 11) is 0. The Hall–Kier alpha value is -2.23. The van der Waals surface area contributed by atoms with Gasteiger partial charge in [-0.15, -0.1) is 0 Å². The third-order valence-corrected chi connectivity index (χ3v) is 3.10. The molecular weight excluding hydrogens is 228 g/mol. The van der Waals surface area contributed by atoms with Gasteiger partial charge in [-0.2, -0.15) is 0 Å². The predicted octanol–water partition coefficient (Wildman–Crippen LogP) is 2.37. The van der Waals surface area contributed by atoms with Gasteiger partial charge in [-0.1, -0.05) is 0 Å². The Morgan fingerprint density at radius 2 is 1.89 bits per heavy atom. The molecule has 1 aliphatic rings. The van der Waals surface area contributed by atoms with Crippen LogP contribution >= 0.6 is 0 Å². The lowest BCUT2D eigenvalue weighted by molar-refractivity contribution is 0.0967. The van der Waals surface area contributed by atoms with Gasteiger partial charge in [0, 0.05) is 18.2 Å². The van der Waals surface area contributed by atoms with Gasteiger partial charge in [0.05, 0.1) is 0 Å². The summed E-state index contributed by atoms with van der Waals surface area (Å²) in [6.45, 7) is 0. The van der Waals surface area contributed by atoms with E-state index in [1.807, 2.05) is 0 Å². The van der Waals surface area contributed by atoms with Crippen molar-refractivity contribution in [3.8, 4) is 17.1 Å². The van der Waals surface area contributed by atoms with E-state index in [1.165, 1.54) is 0 Å². The minimum atomic E-state index is 0.0960. The van der Waals surface area contributed by atoms with Gasteiger partial charge in [-0.3, -0.25) is 4.79 Å². The van der Waals surface area contributed by atoms with Crippen LogP contribution < -0.4 is 0 Å². The highest BCUT2D eigenvalue weighted by atomic mass is 16.3. The smallest absolute Gasteiger partial charge is 0.181 e. The van der Waals surface area contributed by atoms with Crippen molar-refractivity contribution in [2.45, 2.75) is 19.3 Å². The zero-order valence-electron chi connectivity index (χ0n) is 9.76. The molecule has 1 heterocycles. The molecule has 2 aromatic rings. The van der Waals surface area contributed by atoms with Crippen LogP contribution in [0.4, 0.5) is 0 Å². The summed E-state index contributed by atoms with van der Waals surface area (Å²) in [6, 6.07) is 6.65. The van der Waals surface area contributed by atoms with Gasteiger partial charge in [0.25, 0.3) is 0 Å². The fourth-order valence-corrected chi connectivity index (χ4v) is 2.14. The number of Topliss-reactive ketones (excluding diaryl/α,β-unsaturated/α-hetero) is 1. The molecule has 0 saturated heterocycles. The molecule has 18 heavy (non-hydrogen) atoms. The number of benzene rings is 1. The van der Waals surface area contributed by atoms with Crippen LogP contribution in [0.2, 0.25) is 0 Å². The van der Waals surface area contributed by atoms with Crippen LogP contribution in [0.5, 0.6) is 5.75 Å². The molecule has 1 aromatic carbocycles. The average molecular weight is 240 g/mol. The molecule has 1 N–H and O–H groups in total. The quantitative estimate of drug-likeness (QED) is 0.831. The highest BCUT2D eigenvalue weighted by molar-refractivity contribution is 5.96. The summed E-state index contributed by atoms with van der Waals surface area (Å²) in [5, 5.41) is 9.24. The fraction of sp³-hybridized carbons (Fsp3) is 0.214.